The van der Waals surface area contributed by atoms with Crippen LogP contribution >= 0.6 is 11.8 Å². The van der Waals surface area contributed by atoms with Crippen molar-refractivity contribution in [1.82, 2.24) is 4.98 Å². The van der Waals surface area contributed by atoms with Crippen LogP contribution in [0.4, 0.5) is 5.69 Å². The minimum Gasteiger partial charge on any atom is -0.308 e. The number of fused-ring (bicyclic) bond motifs is 1. The highest BCUT2D eigenvalue weighted by Gasteiger charge is 2.25. The average Bonchev–Trinajstić information content (AvgIpc) is 2.53. The van der Waals surface area contributed by atoms with Crippen LogP contribution in [0.1, 0.15) is 27.9 Å². The van der Waals surface area contributed by atoms with Crippen LogP contribution in [-0.4, -0.2) is 23.7 Å². The zero-order valence-corrected chi connectivity index (χ0v) is 13.1. The van der Waals surface area contributed by atoms with E-state index in [4.69, 9.17) is 0 Å². The first-order valence-corrected chi connectivity index (χ1v) is 8.33. The van der Waals surface area contributed by atoms with Gasteiger partial charge in [0.25, 0.3) is 5.91 Å². The summed E-state index contributed by atoms with van der Waals surface area (Å²) in [6.45, 7) is 2.87. The fraction of sp³-hybridized carbons (Fsp3) is 0.294. The second kappa shape index (κ2) is 5.90. The van der Waals surface area contributed by atoms with Crippen molar-refractivity contribution in [3.8, 4) is 0 Å². The smallest absolute Gasteiger partial charge is 0.261 e. The van der Waals surface area contributed by atoms with E-state index in [0.717, 1.165) is 30.1 Å². The van der Waals surface area contributed by atoms with Crippen molar-refractivity contribution in [2.24, 2.45) is 0 Å². The molecule has 0 radical (unpaired) electrons. The molecule has 1 aromatic heterocycles. The van der Waals surface area contributed by atoms with Crippen LogP contribution in [0.5, 0.6) is 0 Å². The lowest BCUT2D eigenvalue weighted by molar-refractivity contribution is 0.0981. The molecule has 0 fully saturated rings. The summed E-state index contributed by atoms with van der Waals surface area (Å²) in [5.74, 6) is 0.0530. The molecule has 0 unspecified atom stereocenters. The van der Waals surface area contributed by atoms with Gasteiger partial charge in [0.2, 0.25) is 0 Å². The van der Waals surface area contributed by atoms with E-state index in [1.54, 1.807) is 6.20 Å². The number of thioether (sulfide) groups is 1. The zero-order chi connectivity index (χ0) is 14.8. The summed E-state index contributed by atoms with van der Waals surface area (Å²) in [5.41, 5.74) is 4.25. The maximum Gasteiger partial charge on any atom is 0.261 e. The molecular formula is C17H18N2OS. The summed E-state index contributed by atoms with van der Waals surface area (Å²) in [4.78, 5) is 19.1. The van der Waals surface area contributed by atoms with Crippen LogP contribution in [0.2, 0.25) is 0 Å². The molecule has 21 heavy (non-hydrogen) atoms. The number of pyridine rings is 1. The summed E-state index contributed by atoms with van der Waals surface area (Å²) in [6, 6.07) is 10.0. The van der Waals surface area contributed by atoms with E-state index in [0.29, 0.717) is 5.56 Å². The molecule has 2 aromatic rings. The summed E-state index contributed by atoms with van der Waals surface area (Å²) in [5, 5.41) is 0.793. The number of aryl methyl sites for hydroxylation is 2. The second-order valence-corrected chi connectivity index (χ2v) is 6.05. The number of hydrogen-bond acceptors (Lipinski definition) is 3. The van der Waals surface area contributed by atoms with Gasteiger partial charge in [0.05, 0.1) is 5.56 Å². The summed E-state index contributed by atoms with van der Waals surface area (Å²) < 4.78 is 0. The molecule has 0 aliphatic carbocycles. The Morgan fingerprint density at radius 2 is 2.19 bits per heavy atom. The van der Waals surface area contributed by atoms with E-state index in [1.807, 2.05) is 23.3 Å². The highest BCUT2D eigenvalue weighted by molar-refractivity contribution is 7.98. The van der Waals surface area contributed by atoms with Crippen molar-refractivity contribution < 1.29 is 4.79 Å². The number of anilines is 1. The number of carbonyl (C=O) groups excluding carboxylic acids is 1. The van der Waals surface area contributed by atoms with E-state index in [9.17, 15) is 4.79 Å². The molecule has 4 heteroatoms. The Labute approximate surface area is 129 Å². The fourth-order valence-corrected chi connectivity index (χ4v) is 3.34. The van der Waals surface area contributed by atoms with Crippen molar-refractivity contribution in [1.29, 1.82) is 0 Å². The third kappa shape index (κ3) is 2.68. The van der Waals surface area contributed by atoms with E-state index < -0.39 is 0 Å². The third-order valence-electron chi connectivity index (χ3n) is 3.79. The minimum atomic E-state index is 0.0530. The second-order valence-electron chi connectivity index (χ2n) is 5.25. The molecule has 1 aliphatic heterocycles. The SMILES string of the molecule is CSc1ncccc1C(=O)N1CCCc2cc(C)ccc21. The van der Waals surface area contributed by atoms with Crippen molar-refractivity contribution >= 4 is 23.4 Å². The first-order chi connectivity index (χ1) is 10.2. The molecule has 0 saturated carbocycles. The molecule has 1 aromatic carbocycles. The van der Waals surface area contributed by atoms with Gasteiger partial charge >= 0.3 is 0 Å². The number of aromatic nitrogens is 1. The highest BCUT2D eigenvalue weighted by Crippen LogP contribution is 2.30. The molecule has 0 bridgehead atoms. The zero-order valence-electron chi connectivity index (χ0n) is 12.3. The Bertz CT molecular complexity index is 684. The number of rotatable bonds is 2. The van der Waals surface area contributed by atoms with Crippen LogP contribution in [0.3, 0.4) is 0 Å². The monoisotopic (exact) mass is 298 g/mol. The van der Waals surface area contributed by atoms with Crippen LogP contribution in [0.25, 0.3) is 0 Å². The molecule has 2 heterocycles. The molecule has 1 amide bonds. The fourth-order valence-electron chi connectivity index (χ4n) is 2.80. The van der Waals surface area contributed by atoms with Crippen molar-refractivity contribution in [2.75, 3.05) is 17.7 Å². The van der Waals surface area contributed by atoms with Gasteiger partial charge in [-0.1, -0.05) is 17.7 Å². The van der Waals surface area contributed by atoms with E-state index in [-0.39, 0.29) is 5.91 Å². The van der Waals surface area contributed by atoms with Crippen LogP contribution < -0.4 is 4.90 Å². The van der Waals surface area contributed by atoms with Gasteiger partial charge in [-0.05, 0) is 49.8 Å². The largest absolute Gasteiger partial charge is 0.308 e. The number of hydrogen-bond donors (Lipinski definition) is 0. The molecule has 3 nitrogen and oxygen atoms in total. The molecular weight excluding hydrogens is 280 g/mol. The first kappa shape index (κ1) is 14.1. The van der Waals surface area contributed by atoms with E-state index >= 15 is 0 Å². The summed E-state index contributed by atoms with van der Waals surface area (Å²) >= 11 is 1.51. The van der Waals surface area contributed by atoms with Gasteiger partial charge in [-0.3, -0.25) is 4.79 Å². The topological polar surface area (TPSA) is 33.2 Å². The normalized spacial score (nSPS) is 13.9. The van der Waals surface area contributed by atoms with E-state index in [2.05, 4.69) is 30.1 Å². The lowest BCUT2D eigenvalue weighted by atomic mass is 9.99. The molecule has 0 spiro atoms. The highest BCUT2D eigenvalue weighted by atomic mass is 32.2. The lowest BCUT2D eigenvalue weighted by Gasteiger charge is -2.30. The van der Waals surface area contributed by atoms with Gasteiger partial charge in [-0.15, -0.1) is 11.8 Å². The van der Waals surface area contributed by atoms with Gasteiger partial charge in [-0.25, -0.2) is 4.98 Å². The van der Waals surface area contributed by atoms with Crippen molar-refractivity contribution in [3.05, 3.63) is 53.2 Å². The predicted octanol–water partition coefficient (Wildman–Crippen LogP) is 3.70. The van der Waals surface area contributed by atoms with Gasteiger partial charge in [0.15, 0.2) is 0 Å². The Balaban J connectivity index is 2.00. The maximum atomic E-state index is 12.9. The van der Waals surface area contributed by atoms with Gasteiger partial charge in [-0.2, -0.15) is 0 Å². The number of nitrogens with zero attached hydrogens (tertiary/aromatic N) is 2. The minimum absolute atomic E-state index is 0.0530. The Kier molecular flexibility index (Phi) is 3.97. The van der Waals surface area contributed by atoms with Gasteiger partial charge < -0.3 is 4.90 Å². The number of carbonyl (C=O) groups is 1. The standard InChI is InChI=1S/C17H18N2OS/c1-12-7-8-15-13(11-12)5-4-10-19(15)17(20)14-6-3-9-18-16(14)21-2/h3,6-9,11H,4-5,10H2,1-2H3. The number of benzene rings is 1. The van der Waals surface area contributed by atoms with Crippen molar-refractivity contribution in [3.63, 3.8) is 0 Å². The maximum absolute atomic E-state index is 12.9. The molecule has 0 N–H and O–H groups in total. The molecule has 108 valence electrons. The van der Waals surface area contributed by atoms with Crippen molar-refractivity contribution in [2.45, 2.75) is 24.8 Å². The van der Waals surface area contributed by atoms with Gasteiger partial charge in [0.1, 0.15) is 5.03 Å². The number of amides is 1. The lowest BCUT2D eigenvalue weighted by Crippen LogP contribution is -2.35. The average molecular weight is 298 g/mol. The van der Waals surface area contributed by atoms with Crippen LogP contribution in [-0.2, 0) is 6.42 Å². The predicted molar refractivity (Wildman–Crippen MR) is 87.2 cm³/mol. The quantitative estimate of drug-likeness (QED) is 0.793. The summed E-state index contributed by atoms with van der Waals surface area (Å²) in [6.07, 6.45) is 5.74. The molecule has 3 rings (SSSR count). The molecule has 1 aliphatic rings. The first-order valence-electron chi connectivity index (χ1n) is 7.11. The third-order valence-corrected chi connectivity index (χ3v) is 4.51. The Morgan fingerprint density at radius 1 is 1.33 bits per heavy atom. The van der Waals surface area contributed by atoms with Crippen LogP contribution in [0, 0.1) is 6.92 Å². The van der Waals surface area contributed by atoms with Gasteiger partial charge in [0, 0.05) is 18.4 Å². The molecule has 0 saturated heterocycles. The summed E-state index contributed by atoms with van der Waals surface area (Å²) in [7, 11) is 0. The Hall–Kier alpha value is -1.81. The molecule has 0 atom stereocenters. The Morgan fingerprint density at radius 3 is 3.00 bits per heavy atom. The van der Waals surface area contributed by atoms with Crippen LogP contribution in [0.15, 0.2) is 41.6 Å². The van der Waals surface area contributed by atoms with E-state index in [1.165, 1.54) is 22.9 Å².